The van der Waals surface area contributed by atoms with Crippen molar-refractivity contribution in [2.75, 3.05) is 0 Å². The van der Waals surface area contributed by atoms with Crippen molar-refractivity contribution >= 4 is 0 Å². The van der Waals surface area contributed by atoms with E-state index in [2.05, 4.69) is 75.2 Å². The van der Waals surface area contributed by atoms with Gasteiger partial charge in [-0.3, -0.25) is 24.9 Å². The van der Waals surface area contributed by atoms with Gasteiger partial charge < -0.3 is 0 Å². The minimum atomic E-state index is 0.822. The van der Waals surface area contributed by atoms with Crippen molar-refractivity contribution in [2.24, 2.45) is 0 Å². The number of pyridine rings is 3. The van der Waals surface area contributed by atoms with E-state index in [0.29, 0.717) is 0 Å². The summed E-state index contributed by atoms with van der Waals surface area (Å²) in [5, 5.41) is 14.6. The molecule has 0 aliphatic heterocycles. The summed E-state index contributed by atoms with van der Waals surface area (Å²) in [6, 6.07) is 23.1. The molecule has 0 aliphatic rings. The molecule has 0 radical (unpaired) electrons. The minimum absolute atomic E-state index is 0.822. The van der Waals surface area contributed by atoms with Crippen LogP contribution in [0, 0.1) is 62.3 Å². The SMILES string of the molecule is Cc1ccccn1.Cc1cccnc1.Cc1cccnn1.Cc1ccncc1.Cc1ccncn1.Cc1ccnnc1.Cc1cnccn1.Cc1cncnc1.Cc1ncccn1. The Morgan fingerprint density at radius 2 is 0.873 bits per heavy atom. The molecule has 0 bridgehead atoms. The monoisotopic (exact) mass is 843 g/mol. The van der Waals surface area contributed by atoms with Crippen molar-refractivity contribution in [1.29, 1.82) is 0 Å². The smallest absolute Gasteiger partial charge is 0.125 e. The lowest BCUT2D eigenvalue weighted by Gasteiger charge is -1.82. The Balaban J connectivity index is 0.000000354. The van der Waals surface area contributed by atoms with Crippen LogP contribution in [0.2, 0.25) is 0 Å². The van der Waals surface area contributed by atoms with E-state index in [1.165, 1.54) is 23.8 Å². The molecular weight excluding hydrogens is 787 g/mol. The van der Waals surface area contributed by atoms with Crippen molar-refractivity contribution in [2.45, 2.75) is 62.3 Å². The third-order valence-electron chi connectivity index (χ3n) is 6.71. The molecule has 0 atom stereocenters. The molecule has 0 saturated heterocycles. The highest BCUT2D eigenvalue weighted by atomic mass is 15.1. The van der Waals surface area contributed by atoms with E-state index in [9.17, 15) is 0 Å². The van der Waals surface area contributed by atoms with E-state index in [0.717, 1.165) is 39.7 Å². The van der Waals surface area contributed by atoms with Crippen molar-refractivity contribution < 1.29 is 0 Å². The van der Waals surface area contributed by atoms with Gasteiger partial charge in [0.15, 0.2) is 0 Å². The summed E-state index contributed by atoms with van der Waals surface area (Å²) < 4.78 is 0. The summed E-state index contributed by atoms with van der Waals surface area (Å²) in [5.41, 5.74) is 8.72. The van der Waals surface area contributed by atoms with Gasteiger partial charge in [-0.15, -0.1) is 0 Å². The first kappa shape index (κ1) is 52.9. The average molecular weight is 844 g/mol. The van der Waals surface area contributed by atoms with Crippen LogP contribution in [0.25, 0.3) is 0 Å². The molecule has 15 heteroatoms. The molecule has 9 rings (SSSR count). The Bertz CT molecular complexity index is 1750. The molecule has 0 fully saturated rings. The molecular formula is C48H57N15. The second-order valence-corrected chi connectivity index (χ2v) is 12.7. The van der Waals surface area contributed by atoms with Gasteiger partial charge in [0.2, 0.25) is 0 Å². The Morgan fingerprint density at radius 3 is 1.16 bits per heavy atom. The van der Waals surface area contributed by atoms with E-state index in [4.69, 9.17) is 0 Å². The molecule has 0 unspecified atom stereocenters. The van der Waals surface area contributed by atoms with E-state index >= 15 is 0 Å². The van der Waals surface area contributed by atoms with Crippen LogP contribution >= 0.6 is 0 Å². The van der Waals surface area contributed by atoms with Gasteiger partial charge in [0.1, 0.15) is 18.5 Å². The minimum Gasteiger partial charge on any atom is -0.265 e. The molecule has 324 valence electrons. The van der Waals surface area contributed by atoms with Gasteiger partial charge in [0.25, 0.3) is 0 Å². The predicted octanol–water partition coefficient (Wildman–Crippen LogP) is 8.88. The van der Waals surface area contributed by atoms with Crippen LogP contribution in [0.15, 0.2) is 185 Å². The Hall–Kier alpha value is -8.07. The zero-order chi connectivity index (χ0) is 46.0. The normalized spacial score (nSPS) is 8.71. The maximum absolute atomic E-state index is 3.98. The van der Waals surface area contributed by atoms with Gasteiger partial charge in [0, 0.05) is 104 Å². The van der Waals surface area contributed by atoms with Gasteiger partial charge >= 0.3 is 0 Å². The molecule has 9 heterocycles. The molecule has 0 aromatic carbocycles. The Morgan fingerprint density at radius 1 is 0.270 bits per heavy atom. The van der Waals surface area contributed by atoms with Crippen LogP contribution in [0.1, 0.15) is 50.9 Å². The van der Waals surface area contributed by atoms with Gasteiger partial charge in [-0.2, -0.15) is 20.4 Å². The summed E-state index contributed by atoms with van der Waals surface area (Å²) >= 11 is 0. The fraction of sp³-hybridized carbons (Fsp3) is 0.188. The first-order chi connectivity index (χ1) is 30.5. The van der Waals surface area contributed by atoms with E-state index in [1.54, 1.807) is 99.0 Å². The molecule has 0 N–H and O–H groups in total. The zero-order valence-corrected chi connectivity index (χ0v) is 37.5. The topological polar surface area (TPSA) is 193 Å². The number of aryl methyl sites for hydroxylation is 9. The van der Waals surface area contributed by atoms with Crippen LogP contribution in [-0.4, -0.2) is 75.2 Å². The number of hydrogen-bond acceptors (Lipinski definition) is 15. The van der Waals surface area contributed by atoms with Gasteiger partial charge in [-0.05, 0) is 145 Å². The fourth-order valence-electron chi connectivity index (χ4n) is 3.54. The zero-order valence-electron chi connectivity index (χ0n) is 37.5. The highest BCUT2D eigenvalue weighted by molar-refractivity contribution is 5.06. The third-order valence-corrected chi connectivity index (χ3v) is 6.71. The summed E-state index contributed by atoms with van der Waals surface area (Å²) in [6.07, 6.45) is 30.9. The molecule has 0 saturated carbocycles. The largest absolute Gasteiger partial charge is 0.265 e. The quantitative estimate of drug-likeness (QED) is 0.140. The first-order valence-corrected chi connectivity index (χ1v) is 19.5. The van der Waals surface area contributed by atoms with E-state index < -0.39 is 0 Å². The van der Waals surface area contributed by atoms with Crippen LogP contribution < -0.4 is 0 Å². The van der Waals surface area contributed by atoms with Gasteiger partial charge in [-0.1, -0.05) is 12.1 Å². The molecule has 9 aromatic rings. The van der Waals surface area contributed by atoms with Gasteiger partial charge in [0.05, 0.1) is 17.6 Å². The molecule has 0 aliphatic carbocycles. The van der Waals surface area contributed by atoms with E-state index in [-0.39, 0.29) is 0 Å². The summed E-state index contributed by atoms with van der Waals surface area (Å²) in [5.74, 6) is 0.822. The average Bonchev–Trinajstić information content (AvgIpc) is 3.31. The number of aromatic nitrogens is 15. The summed E-state index contributed by atoms with van der Waals surface area (Å²) in [7, 11) is 0. The molecule has 15 nitrogen and oxygen atoms in total. The third kappa shape index (κ3) is 35.6. The number of hydrogen-bond donors (Lipinski definition) is 0. The number of nitrogens with zero attached hydrogens (tertiary/aromatic N) is 15. The van der Waals surface area contributed by atoms with E-state index in [1.807, 2.05) is 135 Å². The van der Waals surface area contributed by atoms with Gasteiger partial charge in [-0.25, -0.2) is 29.9 Å². The molecule has 63 heavy (non-hydrogen) atoms. The molecule has 0 amide bonds. The lowest BCUT2D eigenvalue weighted by Crippen LogP contribution is -1.80. The second kappa shape index (κ2) is 37.0. The maximum atomic E-state index is 3.98. The maximum Gasteiger partial charge on any atom is 0.125 e. The standard InChI is InChI=1S/3C6H7N.6C5H6N2/c1-6-2-4-7-5-3-6;1-6-3-2-4-7-5-6;1-6-4-2-3-5-7-6;1-5-2-6-4-7-3-5;1-5-4-6-2-3-7-5;1-5-2-3-6-4-7-5;1-5-2-3-6-7-4-5;1-5-6-3-2-4-7-5;1-5-3-2-4-6-7-5/h3*2-5H,1H3;6*2-4H,1H3. The summed E-state index contributed by atoms with van der Waals surface area (Å²) in [4.78, 5) is 42.3. The van der Waals surface area contributed by atoms with Crippen LogP contribution in [0.3, 0.4) is 0 Å². The highest BCUT2D eigenvalue weighted by Gasteiger charge is 1.79. The Kier molecular flexibility index (Phi) is 31.1. The van der Waals surface area contributed by atoms with Crippen molar-refractivity contribution in [3.8, 4) is 0 Å². The number of rotatable bonds is 0. The Labute approximate surface area is 371 Å². The molecule has 0 spiro atoms. The predicted molar refractivity (Wildman–Crippen MR) is 248 cm³/mol. The van der Waals surface area contributed by atoms with Crippen LogP contribution in [0.4, 0.5) is 0 Å². The highest BCUT2D eigenvalue weighted by Crippen LogP contribution is 1.90. The molecule has 9 aromatic heterocycles. The summed E-state index contributed by atoms with van der Waals surface area (Å²) in [6.45, 7) is 17.6. The van der Waals surface area contributed by atoms with Crippen LogP contribution in [0.5, 0.6) is 0 Å². The lowest BCUT2D eigenvalue weighted by atomic mass is 10.3. The van der Waals surface area contributed by atoms with Crippen molar-refractivity contribution in [3.05, 3.63) is 235 Å². The fourth-order valence-corrected chi connectivity index (χ4v) is 3.54. The first-order valence-electron chi connectivity index (χ1n) is 19.5. The second-order valence-electron chi connectivity index (χ2n) is 12.7. The van der Waals surface area contributed by atoms with Crippen LogP contribution in [-0.2, 0) is 0 Å². The van der Waals surface area contributed by atoms with Crippen molar-refractivity contribution in [1.82, 2.24) is 75.2 Å². The van der Waals surface area contributed by atoms with Crippen molar-refractivity contribution in [3.63, 3.8) is 0 Å². The lowest BCUT2D eigenvalue weighted by molar-refractivity contribution is 0.980.